The predicted octanol–water partition coefficient (Wildman–Crippen LogP) is 6.35. The van der Waals surface area contributed by atoms with Gasteiger partial charge < -0.3 is 0 Å². The zero-order chi connectivity index (χ0) is 14.0. The van der Waals surface area contributed by atoms with Crippen LogP contribution < -0.4 is 0 Å². The van der Waals surface area contributed by atoms with E-state index in [1.54, 1.807) is 0 Å². The fourth-order valence-corrected chi connectivity index (χ4v) is 3.12. The van der Waals surface area contributed by atoms with Crippen LogP contribution in [-0.4, -0.2) is 0 Å². The number of unbranched alkanes of at least 4 members (excludes halogenated alkanes) is 4. The maximum absolute atomic E-state index is 2.28. The highest BCUT2D eigenvalue weighted by atomic mass is 32.2. The minimum Gasteiger partial charge on any atom is -0.0901 e. The maximum atomic E-state index is 2.28. The Morgan fingerprint density at radius 3 is 2.05 bits per heavy atom. The first-order valence-corrected chi connectivity index (χ1v) is 8.52. The lowest BCUT2D eigenvalue weighted by atomic mass is 10.1. The minimum atomic E-state index is 1.22. The van der Waals surface area contributed by atoms with Gasteiger partial charge in [0.15, 0.2) is 0 Å². The molecule has 0 aliphatic heterocycles. The van der Waals surface area contributed by atoms with E-state index in [1.165, 1.54) is 53.9 Å². The molecule has 0 unspecified atom stereocenters. The molecule has 0 atom stereocenters. The molecule has 0 fully saturated rings. The van der Waals surface area contributed by atoms with Crippen molar-refractivity contribution in [3.63, 3.8) is 0 Å². The quantitative estimate of drug-likeness (QED) is 0.509. The van der Waals surface area contributed by atoms with Gasteiger partial charge in [0.05, 0.1) is 0 Å². The first-order valence-electron chi connectivity index (χ1n) is 7.70. The molecule has 0 spiro atoms. The Balaban J connectivity index is 1.78. The van der Waals surface area contributed by atoms with Gasteiger partial charge in [-0.2, -0.15) is 0 Å². The molecule has 2 rings (SSSR count). The Bertz CT molecular complexity index is 473. The van der Waals surface area contributed by atoms with Crippen molar-refractivity contribution in [3.05, 3.63) is 60.2 Å². The minimum absolute atomic E-state index is 1.22. The van der Waals surface area contributed by atoms with Crippen LogP contribution in [0.1, 0.15) is 44.6 Å². The van der Waals surface area contributed by atoms with Crippen molar-refractivity contribution >= 4 is 11.8 Å². The third-order valence-corrected chi connectivity index (χ3v) is 4.49. The summed E-state index contributed by atoms with van der Waals surface area (Å²) in [6.07, 6.45) is 8.01. The monoisotopic (exact) mass is 284 g/mol. The summed E-state index contributed by atoms with van der Waals surface area (Å²) in [6.45, 7) is 2.27. The molecule has 0 aliphatic carbocycles. The largest absolute Gasteiger partial charge is 0.0901 e. The smallest absolute Gasteiger partial charge is 0.0122 e. The summed E-state index contributed by atoms with van der Waals surface area (Å²) < 4.78 is 0. The lowest BCUT2D eigenvalue weighted by Gasteiger charge is -2.04. The van der Waals surface area contributed by atoms with Gasteiger partial charge in [-0.15, -0.1) is 0 Å². The second kappa shape index (κ2) is 8.86. The van der Waals surface area contributed by atoms with Gasteiger partial charge in [0.25, 0.3) is 0 Å². The van der Waals surface area contributed by atoms with Gasteiger partial charge in [-0.1, -0.05) is 74.7 Å². The Morgan fingerprint density at radius 1 is 0.700 bits per heavy atom. The molecule has 0 heterocycles. The normalized spacial score (nSPS) is 10.7. The van der Waals surface area contributed by atoms with E-state index in [9.17, 15) is 0 Å². The first-order chi connectivity index (χ1) is 9.88. The molecule has 0 amide bonds. The Labute approximate surface area is 127 Å². The summed E-state index contributed by atoms with van der Waals surface area (Å²) in [4.78, 5) is 2.63. The summed E-state index contributed by atoms with van der Waals surface area (Å²) in [6, 6.07) is 19.6. The van der Waals surface area contributed by atoms with Crippen LogP contribution in [-0.2, 0) is 6.42 Å². The second-order valence-corrected chi connectivity index (χ2v) is 6.37. The van der Waals surface area contributed by atoms with Gasteiger partial charge in [-0.3, -0.25) is 0 Å². The van der Waals surface area contributed by atoms with Crippen LogP contribution in [0.4, 0.5) is 0 Å². The molecule has 0 radical (unpaired) electrons. The van der Waals surface area contributed by atoms with E-state index >= 15 is 0 Å². The van der Waals surface area contributed by atoms with Gasteiger partial charge in [0.2, 0.25) is 0 Å². The highest BCUT2D eigenvalue weighted by Crippen LogP contribution is 2.27. The van der Waals surface area contributed by atoms with Crippen LogP contribution in [0.25, 0.3) is 0 Å². The number of benzene rings is 2. The molecule has 0 saturated carbocycles. The summed E-state index contributed by atoms with van der Waals surface area (Å²) in [5, 5.41) is 0. The van der Waals surface area contributed by atoms with E-state index in [-0.39, 0.29) is 0 Å². The summed E-state index contributed by atoms with van der Waals surface area (Å²) in [5.41, 5.74) is 1.47. The number of hydrogen-bond donors (Lipinski definition) is 0. The fourth-order valence-electron chi connectivity index (χ4n) is 2.28. The van der Waals surface area contributed by atoms with E-state index in [1.807, 2.05) is 11.8 Å². The van der Waals surface area contributed by atoms with Gasteiger partial charge in [-0.25, -0.2) is 0 Å². The van der Waals surface area contributed by atoms with Crippen molar-refractivity contribution in [2.45, 2.75) is 55.2 Å². The van der Waals surface area contributed by atoms with Crippen molar-refractivity contribution < 1.29 is 0 Å². The highest BCUT2D eigenvalue weighted by molar-refractivity contribution is 7.99. The molecule has 20 heavy (non-hydrogen) atoms. The third-order valence-electron chi connectivity index (χ3n) is 3.47. The lowest BCUT2D eigenvalue weighted by Crippen LogP contribution is -1.86. The lowest BCUT2D eigenvalue weighted by molar-refractivity contribution is 0.632. The van der Waals surface area contributed by atoms with Gasteiger partial charge >= 0.3 is 0 Å². The average molecular weight is 284 g/mol. The topological polar surface area (TPSA) is 0 Å². The molecule has 1 heteroatoms. The van der Waals surface area contributed by atoms with Crippen LogP contribution in [0.2, 0.25) is 0 Å². The second-order valence-electron chi connectivity index (χ2n) is 5.22. The molecular weight excluding hydrogens is 260 g/mol. The fraction of sp³-hybridized carbons (Fsp3) is 0.368. The first kappa shape index (κ1) is 15.2. The van der Waals surface area contributed by atoms with Crippen molar-refractivity contribution in [2.75, 3.05) is 0 Å². The Kier molecular flexibility index (Phi) is 6.73. The molecule has 0 nitrogen and oxygen atoms in total. The summed E-state index contributed by atoms with van der Waals surface area (Å²) in [7, 11) is 0. The molecule has 0 bridgehead atoms. The van der Waals surface area contributed by atoms with Crippen molar-refractivity contribution in [2.24, 2.45) is 0 Å². The van der Waals surface area contributed by atoms with E-state index in [0.29, 0.717) is 0 Å². The molecule has 0 aromatic heterocycles. The highest BCUT2D eigenvalue weighted by Gasteiger charge is 1.98. The molecule has 0 saturated heterocycles. The zero-order valence-corrected chi connectivity index (χ0v) is 13.2. The van der Waals surface area contributed by atoms with Crippen LogP contribution >= 0.6 is 11.8 Å². The van der Waals surface area contributed by atoms with E-state index in [0.717, 1.165) is 0 Å². The number of aryl methyl sites for hydroxylation is 1. The molecule has 2 aromatic rings. The molecule has 0 N–H and O–H groups in total. The summed E-state index contributed by atoms with van der Waals surface area (Å²) in [5.74, 6) is 0. The Hall–Kier alpha value is -1.21. The Morgan fingerprint density at radius 2 is 1.35 bits per heavy atom. The molecular formula is C19H24S. The van der Waals surface area contributed by atoms with Crippen molar-refractivity contribution in [1.82, 2.24) is 0 Å². The van der Waals surface area contributed by atoms with Crippen LogP contribution in [0, 0.1) is 0 Å². The number of rotatable bonds is 8. The van der Waals surface area contributed by atoms with Crippen LogP contribution in [0.15, 0.2) is 64.4 Å². The predicted molar refractivity (Wildman–Crippen MR) is 89.5 cm³/mol. The molecule has 2 aromatic carbocycles. The maximum Gasteiger partial charge on any atom is 0.0122 e. The molecule has 106 valence electrons. The standard InChI is InChI=1S/C19H24S/c1-2-3-4-5-7-10-17-13-15-19(16-14-17)20-18-11-8-6-9-12-18/h6,8-9,11-16H,2-5,7,10H2,1H3. The SMILES string of the molecule is CCCCCCCc1ccc(Sc2ccccc2)cc1. The van der Waals surface area contributed by atoms with Crippen molar-refractivity contribution in [1.29, 1.82) is 0 Å². The average Bonchev–Trinajstić information content (AvgIpc) is 2.50. The van der Waals surface area contributed by atoms with E-state index < -0.39 is 0 Å². The van der Waals surface area contributed by atoms with Gasteiger partial charge in [0, 0.05) is 9.79 Å². The van der Waals surface area contributed by atoms with Crippen molar-refractivity contribution in [3.8, 4) is 0 Å². The van der Waals surface area contributed by atoms with Crippen LogP contribution in [0.3, 0.4) is 0 Å². The van der Waals surface area contributed by atoms with E-state index in [4.69, 9.17) is 0 Å². The zero-order valence-electron chi connectivity index (χ0n) is 12.3. The molecule has 0 aliphatic rings. The third kappa shape index (κ3) is 5.42. The summed E-state index contributed by atoms with van der Waals surface area (Å²) >= 11 is 1.83. The van der Waals surface area contributed by atoms with E-state index in [2.05, 4.69) is 61.5 Å². The van der Waals surface area contributed by atoms with Crippen LogP contribution in [0.5, 0.6) is 0 Å². The van der Waals surface area contributed by atoms with Gasteiger partial charge in [-0.05, 0) is 42.7 Å². The number of hydrogen-bond acceptors (Lipinski definition) is 1. The van der Waals surface area contributed by atoms with Gasteiger partial charge in [0.1, 0.15) is 0 Å².